The first-order valence-electron chi connectivity index (χ1n) is 9.31. The lowest BCUT2D eigenvalue weighted by Gasteiger charge is -2.11. The number of aryl methyl sites for hydroxylation is 1. The van der Waals surface area contributed by atoms with Crippen LogP contribution >= 0.6 is 0 Å². The van der Waals surface area contributed by atoms with Gasteiger partial charge in [-0.1, -0.05) is 48.5 Å². The Morgan fingerprint density at radius 3 is 2.52 bits per heavy atom. The summed E-state index contributed by atoms with van der Waals surface area (Å²) in [6.07, 6.45) is 1.12. The fourth-order valence-corrected chi connectivity index (χ4v) is 3.05. The zero-order valence-corrected chi connectivity index (χ0v) is 16.4. The van der Waals surface area contributed by atoms with E-state index in [1.165, 1.54) is 0 Å². The van der Waals surface area contributed by atoms with Crippen molar-refractivity contribution in [1.29, 1.82) is 0 Å². The Morgan fingerprint density at radius 2 is 1.74 bits per heavy atom. The second-order valence-electron chi connectivity index (χ2n) is 6.64. The average Bonchev–Trinajstić information content (AvgIpc) is 2.77. The number of aromatic nitrogens is 2. The molecule has 1 amide bonds. The monoisotopic (exact) mass is 415 g/mol. The van der Waals surface area contributed by atoms with Gasteiger partial charge in [0, 0.05) is 5.56 Å². The molecule has 1 heterocycles. The van der Waals surface area contributed by atoms with Crippen LogP contribution in [0.4, 0.5) is 11.5 Å². The van der Waals surface area contributed by atoms with E-state index < -0.39 is 16.5 Å². The first kappa shape index (κ1) is 19.8. The number of hydrazine groups is 1. The molecule has 0 unspecified atom stereocenters. The second kappa shape index (κ2) is 8.46. The van der Waals surface area contributed by atoms with Crippen molar-refractivity contribution < 1.29 is 14.5 Å². The first-order chi connectivity index (χ1) is 15.0. The molecule has 0 saturated heterocycles. The molecule has 0 fully saturated rings. The third kappa shape index (κ3) is 4.25. The van der Waals surface area contributed by atoms with E-state index in [-0.39, 0.29) is 11.7 Å². The number of hydrogen-bond acceptors (Lipinski definition) is 7. The molecule has 4 rings (SSSR count). The molecule has 2 N–H and O–H groups in total. The molecule has 4 aromatic rings. The van der Waals surface area contributed by atoms with E-state index in [4.69, 9.17) is 4.74 Å². The first-order valence-corrected chi connectivity index (χ1v) is 9.31. The number of hydrogen-bond donors (Lipinski definition) is 2. The maximum absolute atomic E-state index is 12.4. The lowest BCUT2D eigenvalue weighted by Crippen LogP contribution is -2.30. The van der Waals surface area contributed by atoms with Crippen LogP contribution in [-0.4, -0.2) is 20.8 Å². The van der Waals surface area contributed by atoms with E-state index >= 15 is 0 Å². The van der Waals surface area contributed by atoms with Crippen LogP contribution < -0.4 is 15.6 Å². The van der Waals surface area contributed by atoms with Gasteiger partial charge in [0.1, 0.15) is 12.1 Å². The zero-order chi connectivity index (χ0) is 21.8. The molecule has 0 bridgehead atoms. The van der Waals surface area contributed by atoms with Crippen LogP contribution in [0.2, 0.25) is 0 Å². The smallest absolute Gasteiger partial charge is 0.374 e. The van der Waals surface area contributed by atoms with Crippen LogP contribution in [0.3, 0.4) is 0 Å². The average molecular weight is 415 g/mol. The van der Waals surface area contributed by atoms with Crippen LogP contribution in [-0.2, 0) is 0 Å². The van der Waals surface area contributed by atoms with Gasteiger partial charge in [0.2, 0.25) is 5.82 Å². The Hall–Kier alpha value is -4.53. The maximum Gasteiger partial charge on any atom is 0.374 e. The minimum Gasteiger partial charge on any atom is -0.434 e. The highest BCUT2D eigenvalue weighted by atomic mass is 16.6. The quantitative estimate of drug-likeness (QED) is 0.354. The van der Waals surface area contributed by atoms with Gasteiger partial charge in [-0.3, -0.25) is 25.8 Å². The lowest BCUT2D eigenvalue weighted by atomic mass is 10.1. The Kier molecular flexibility index (Phi) is 5.39. The molecular weight excluding hydrogens is 398 g/mol. The summed E-state index contributed by atoms with van der Waals surface area (Å²) >= 11 is 0. The van der Waals surface area contributed by atoms with Gasteiger partial charge in [-0.05, 0) is 41.5 Å². The lowest BCUT2D eigenvalue weighted by molar-refractivity contribution is -0.385. The Morgan fingerprint density at radius 1 is 1.00 bits per heavy atom. The summed E-state index contributed by atoms with van der Waals surface area (Å²) in [5, 5.41) is 13.6. The third-order valence-corrected chi connectivity index (χ3v) is 4.59. The van der Waals surface area contributed by atoms with Crippen molar-refractivity contribution >= 4 is 28.2 Å². The number of rotatable bonds is 6. The fourth-order valence-electron chi connectivity index (χ4n) is 3.05. The van der Waals surface area contributed by atoms with Crippen LogP contribution in [0.5, 0.6) is 11.6 Å². The molecule has 3 aromatic carbocycles. The standard InChI is InChI=1S/C22H17N5O4/c1-14-6-2-5-9-18(14)21(28)26-25-20-19(27(29)30)22(24-13-23-20)31-17-11-10-15-7-3-4-8-16(15)12-17/h2-13H,1H3,(H,26,28)(H,23,24,25). The highest BCUT2D eigenvalue weighted by Gasteiger charge is 2.25. The molecule has 9 heteroatoms. The number of nitrogens with one attached hydrogen (secondary N) is 2. The van der Waals surface area contributed by atoms with E-state index in [2.05, 4.69) is 20.8 Å². The Balaban J connectivity index is 1.59. The summed E-state index contributed by atoms with van der Waals surface area (Å²) in [6.45, 7) is 1.79. The van der Waals surface area contributed by atoms with E-state index in [1.807, 2.05) is 36.4 Å². The Bertz CT molecular complexity index is 1290. The van der Waals surface area contributed by atoms with Crippen molar-refractivity contribution in [3.05, 3.63) is 94.3 Å². The summed E-state index contributed by atoms with van der Waals surface area (Å²) in [4.78, 5) is 31.2. The molecule has 0 radical (unpaired) electrons. The molecule has 0 spiro atoms. The second-order valence-corrected chi connectivity index (χ2v) is 6.64. The highest BCUT2D eigenvalue weighted by Crippen LogP contribution is 2.34. The molecule has 0 aliphatic rings. The predicted octanol–water partition coefficient (Wildman–Crippen LogP) is 4.40. The number of carbonyl (C=O) groups is 1. The molecule has 1 aromatic heterocycles. The summed E-state index contributed by atoms with van der Waals surface area (Å²) in [5.41, 5.74) is 5.62. The van der Waals surface area contributed by atoms with Crippen molar-refractivity contribution in [2.75, 3.05) is 5.43 Å². The molecule has 0 aliphatic heterocycles. The number of nitrogens with zero attached hydrogens (tertiary/aromatic N) is 3. The Labute approximate surface area is 176 Å². The third-order valence-electron chi connectivity index (χ3n) is 4.59. The van der Waals surface area contributed by atoms with Gasteiger partial charge in [-0.25, -0.2) is 4.98 Å². The molecule has 154 valence electrons. The van der Waals surface area contributed by atoms with Crippen molar-refractivity contribution in [2.24, 2.45) is 0 Å². The summed E-state index contributed by atoms with van der Waals surface area (Å²) in [7, 11) is 0. The van der Waals surface area contributed by atoms with Crippen LogP contribution in [0, 0.1) is 17.0 Å². The molecule has 0 saturated carbocycles. The van der Waals surface area contributed by atoms with Crippen molar-refractivity contribution in [3.63, 3.8) is 0 Å². The number of carbonyl (C=O) groups excluding carboxylic acids is 1. The molecule has 31 heavy (non-hydrogen) atoms. The van der Waals surface area contributed by atoms with Gasteiger partial charge >= 0.3 is 11.6 Å². The van der Waals surface area contributed by atoms with Gasteiger partial charge in [0.25, 0.3) is 5.91 Å². The number of amides is 1. The summed E-state index contributed by atoms with van der Waals surface area (Å²) < 4.78 is 5.68. The van der Waals surface area contributed by atoms with Gasteiger partial charge in [0.15, 0.2) is 0 Å². The number of benzene rings is 3. The summed E-state index contributed by atoms with van der Waals surface area (Å²) in [5.74, 6) is -0.515. The number of nitro groups is 1. The van der Waals surface area contributed by atoms with Gasteiger partial charge in [0.05, 0.1) is 4.92 Å². The van der Waals surface area contributed by atoms with Crippen molar-refractivity contribution in [2.45, 2.75) is 6.92 Å². The van der Waals surface area contributed by atoms with Gasteiger partial charge in [-0.15, -0.1) is 0 Å². The largest absolute Gasteiger partial charge is 0.434 e. The molecule has 0 atom stereocenters. The minimum atomic E-state index is -0.668. The van der Waals surface area contributed by atoms with E-state index in [9.17, 15) is 14.9 Å². The SMILES string of the molecule is Cc1ccccc1C(=O)NNc1ncnc(Oc2ccc3ccccc3c2)c1[N+](=O)[O-]. The highest BCUT2D eigenvalue weighted by molar-refractivity contribution is 5.96. The van der Waals surface area contributed by atoms with E-state index in [0.29, 0.717) is 11.3 Å². The molecule has 9 nitrogen and oxygen atoms in total. The van der Waals surface area contributed by atoms with E-state index in [0.717, 1.165) is 22.7 Å². The number of anilines is 1. The van der Waals surface area contributed by atoms with Gasteiger partial charge < -0.3 is 4.74 Å². The fraction of sp³-hybridized carbons (Fsp3) is 0.0455. The van der Waals surface area contributed by atoms with Crippen molar-refractivity contribution in [3.8, 4) is 11.6 Å². The van der Waals surface area contributed by atoms with Crippen molar-refractivity contribution in [1.82, 2.24) is 15.4 Å². The molecule has 0 aliphatic carbocycles. The zero-order valence-electron chi connectivity index (χ0n) is 16.4. The van der Waals surface area contributed by atoms with Crippen LogP contribution in [0.1, 0.15) is 15.9 Å². The molecular formula is C22H17N5O4. The normalized spacial score (nSPS) is 10.5. The number of ether oxygens (including phenoxy) is 1. The van der Waals surface area contributed by atoms with Crippen LogP contribution in [0.25, 0.3) is 10.8 Å². The summed E-state index contributed by atoms with van der Waals surface area (Å²) in [6, 6.07) is 19.9. The van der Waals surface area contributed by atoms with Crippen LogP contribution in [0.15, 0.2) is 73.1 Å². The number of fused-ring (bicyclic) bond motifs is 1. The minimum absolute atomic E-state index is 0.197. The predicted molar refractivity (Wildman–Crippen MR) is 115 cm³/mol. The van der Waals surface area contributed by atoms with Gasteiger partial charge in [-0.2, -0.15) is 4.98 Å². The maximum atomic E-state index is 12.4. The van der Waals surface area contributed by atoms with E-state index in [1.54, 1.807) is 37.3 Å². The topological polar surface area (TPSA) is 119 Å².